The van der Waals surface area contributed by atoms with Crippen LogP contribution in [0.2, 0.25) is 0 Å². The van der Waals surface area contributed by atoms with Crippen molar-refractivity contribution in [1.29, 1.82) is 0 Å². The summed E-state index contributed by atoms with van der Waals surface area (Å²) in [7, 11) is 0. The van der Waals surface area contributed by atoms with Crippen LogP contribution in [-0.2, 0) is 16.8 Å². The van der Waals surface area contributed by atoms with Gasteiger partial charge < -0.3 is 10.1 Å². The van der Waals surface area contributed by atoms with Gasteiger partial charge in [0.25, 0.3) is 11.6 Å². The molecule has 0 bridgehead atoms. The molecule has 0 aromatic heterocycles. The Kier molecular flexibility index (Phi) is 6.68. The average molecular weight is 432 g/mol. The van der Waals surface area contributed by atoms with Crippen LogP contribution in [0.1, 0.15) is 52.6 Å². The first-order valence-corrected chi connectivity index (χ1v) is 10.1. The molecule has 0 heterocycles. The summed E-state index contributed by atoms with van der Waals surface area (Å²) in [6.07, 6.45) is 0. The fourth-order valence-electron chi connectivity index (χ4n) is 3.05. The number of hydrogen-bond donors (Lipinski definition) is 1. The summed E-state index contributed by atoms with van der Waals surface area (Å²) in [4.78, 5) is 35.3. The first-order valence-electron chi connectivity index (χ1n) is 10.1. The van der Waals surface area contributed by atoms with Crippen molar-refractivity contribution in [2.75, 3.05) is 5.32 Å². The molecule has 1 N–H and O–H groups in total. The Morgan fingerprint density at radius 2 is 1.50 bits per heavy atom. The van der Waals surface area contributed by atoms with E-state index in [1.807, 2.05) is 12.1 Å². The molecule has 32 heavy (non-hydrogen) atoms. The van der Waals surface area contributed by atoms with Gasteiger partial charge in [-0.3, -0.25) is 14.9 Å². The third-order valence-corrected chi connectivity index (χ3v) is 4.94. The van der Waals surface area contributed by atoms with Crippen LogP contribution in [0.15, 0.2) is 72.8 Å². The smallest absolute Gasteiger partial charge is 0.338 e. The number of nitro groups is 1. The second-order valence-electron chi connectivity index (χ2n) is 8.32. The van der Waals surface area contributed by atoms with Crippen molar-refractivity contribution in [1.82, 2.24) is 0 Å². The van der Waals surface area contributed by atoms with E-state index in [9.17, 15) is 19.7 Å². The number of benzene rings is 3. The van der Waals surface area contributed by atoms with Crippen LogP contribution >= 0.6 is 0 Å². The van der Waals surface area contributed by atoms with Gasteiger partial charge in [-0.15, -0.1) is 0 Å². The number of hydrogen-bond acceptors (Lipinski definition) is 5. The number of ether oxygens (including phenoxy) is 1. The topological polar surface area (TPSA) is 98.5 Å². The minimum atomic E-state index is -0.612. The fourth-order valence-corrected chi connectivity index (χ4v) is 3.05. The van der Waals surface area contributed by atoms with Crippen molar-refractivity contribution in [2.24, 2.45) is 0 Å². The van der Waals surface area contributed by atoms with E-state index >= 15 is 0 Å². The minimum absolute atomic E-state index is 0.00484. The molecule has 0 radical (unpaired) electrons. The Hall–Kier alpha value is -4.00. The van der Waals surface area contributed by atoms with Crippen LogP contribution < -0.4 is 5.32 Å². The molecule has 0 saturated heterocycles. The molecule has 3 aromatic rings. The maximum Gasteiger partial charge on any atom is 0.338 e. The molecule has 3 aromatic carbocycles. The lowest BCUT2D eigenvalue weighted by molar-refractivity contribution is -0.385. The number of nitro benzene ring substituents is 1. The van der Waals surface area contributed by atoms with Crippen molar-refractivity contribution in [3.05, 3.63) is 105 Å². The van der Waals surface area contributed by atoms with Gasteiger partial charge in [-0.1, -0.05) is 45.0 Å². The summed E-state index contributed by atoms with van der Waals surface area (Å²) >= 11 is 0. The van der Waals surface area contributed by atoms with Crippen LogP contribution in [-0.4, -0.2) is 16.8 Å². The molecule has 3 rings (SSSR count). The van der Waals surface area contributed by atoms with Gasteiger partial charge in [0, 0.05) is 17.3 Å². The van der Waals surface area contributed by atoms with Gasteiger partial charge in [0.15, 0.2) is 0 Å². The molecule has 1 amide bonds. The highest BCUT2D eigenvalue weighted by molar-refractivity contribution is 6.04. The number of amides is 1. The Balaban J connectivity index is 1.60. The summed E-state index contributed by atoms with van der Waals surface area (Å²) in [5.74, 6) is -0.865. The maximum atomic E-state index is 12.5. The van der Waals surface area contributed by atoms with Crippen molar-refractivity contribution >= 4 is 23.3 Å². The van der Waals surface area contributed by atoms with E-state index in [0.29, 0.717) is 16.8 Å². The zero-order valence-electron chi connectivity index (χ0n) is 18.1. The first-order chi connectivity index (χ1) is 15.1. The van der Waals surface area contributed by atoms with Crippen LogP contribution in [0.5, 0.6) is 0 Å². The van der Waals surface area contributed by atoms with Crippen molar-refractivity contribution in [3.63, 3.8) is 0 Å². The van der Waals surface area contributed by atoms with Gasteiger partial charge in [0.1, 0.15) is 6.61 Å². The van der Waals surface area contributed by atoms with Gasteiger partial charge in [0.05, 0.1) is 16.1 Å². The SMILES string of the molecule is CC(C)(C)c1ccc(C(=O)Nc2ccc(C(=O)OCc3ccccc3[N+](=O)[O-])cc2)cc1. The number of carbonyl (C=O) groups is 2. The summed E-state index contributed by atoms with van der Waals surface area (Å²) in [5, 5.41) is 13.8. The highest BCUT2D eigenvalue weighted by Crippen LogP contribution is 2.23. The molecule has 0 fully saturated rings. The molecule has 164 valence electrons. The fraction of sp³-hybridized carbons (Fsp3) is 0.200. The molecule has 0 aliphatic rings. The number of nitrogens with one attached hydrogen (secondary N) is 1. The van der Waals surface area contributed by atoms with Crippen molar-refractivity contribution < 1.29 is 19.2 Å². The lowest BCUT2D eigenvalue weighted by atomic mass is 9.87. The summed E-state index contributed by atoms with van der Waals surface area (Å²) in [6.45, 7) is 6.11. The van der Waals surface area contributed by atoms with Crippen molar-refractivity contribution in [2.45, 2.75) is 32.8 Å². The highest BCUT2D eigenvalue weighted by atomic mass is 16.6. The van der Waals surface area contributed by atoms with Gasteiger partial charge in [-0.2, -0.15) is 0 Å². The van der Waals surface area contributed by atoms with Gasteiger partial charge in [0.2, 0.25) is 0 Å². The maximum absolute atomic E-state index is 12.5. The standard InChI is InChI=1S/C25H24N2O5/c1-25(2,3)20-12-8-17(9-13-20)23(28)26-21-14-10-18(11-15-21)24(29)32-16-19-6-4-5-7-22(19)27(30)31/h4-15H,16H2,1-3H3,(H,26,28). The van der Waals surface area contributed by atoms with E-state index in [1.54, 1.807) is 36.4 Å². The summed E-state index contributed by atoms with van der Waals surface area (Å²) in [6, 6.07) is 19.8. The van der Waals surface area contributed by atoms with Crippen LogP contribution in [0.25, 0.3) is 0 Å². The number of para-hydroxylation sites is 1. The molecule has 0 aliphatic carbocycles. The lowest BCUT2D eigenvalue weighted by Gasteiger charge is -2.19. The number of carbonyl (C=O) groups excluding carboxylic acids is 2. The quantitative estimate of drug-likeness (QED) is 0.315. The summed E-state index contributed by atoms with van der Waals surface area (Å²) in [5.41, 5.74) is 2.69. The number of rotatable bonds is 6. The molecule has 0 spiro atoms. The second-order valence-corrected chi connectivity index (χ2v) is 8.32. The monoisotopic (exact) mass is 432 g/mol. The molecule has 0 aliphatic heterocycles. The Morgan fingerprint density at radius 3 is 2.09 bits per heavy atom. The Bertz CT molecular complexity index is 1130. The zero-order chi connectivity index (χ0) is 23.3. The molecular formula is C25H24N2O5. The predicted octanol–water partition coefficient (Wildman–Crippen LogP) is 5.50. The number of anilines is 1. The minimum Gasteiger partial charge on any atom is -0.457 e. The normalized spacial score (nSPS) is 11.0. The number of esters is 1. The van der Waals surface area contributed by atoms with E-state index < -0.39 is 10.9 Å². The van der Waals surface area contributed by atoms with E-state index in [2.05, 4.69) is 26.1 Å². The van der Waals surface area contributed by atoms with Gasteiger partial charge in [-0.25, -0.2) is 4.79 Å². The Labute approximate surface area is 186 Å². The largest absolute Gasteiger partial charge is 0.457 e. The number of nitrogens with zero attached hydrogens (tertiary/aromatic N) is 1. The average Bonchev–Trinajstić information content (AvgIpc) is 2.77. The summed E-state index contributed by atoms with van der Waals surface area (Å²) < 4.78 is 5.20. The predicted molar refractivity (Wildman–Crippen MR) is 122 cm³/mol. The third-order valence-electron chi connectivity index (χ3n) is 4.94. The molecular weight excluding hydrogens is 408 g/mol. The van der Waals surface area contributed by atoms with Crippen LogP contribution in [0, 0.1) is 10.1 Å². The highest BCUT2D eigenvalue weighted by Gasteiger charge is 2.16. The lowest BCUT2D eigenvalue weighted by Crippen LogP contribution is -2.14. The van der Waals surface area contributed by atoms with E-state index in [0.717, 1.165) is 5.56 Å². The molecule has 0 saturated carbocycles. The molecule has 7 nitrogen and oxygen atoms in total. The van der Waals surface area contributed by atoms with E-state index in [4.69, 9.17) is 4.74 Å². The van der Waals surface area contributed by atoms with Crippen molar-refractivity contribution in [3.8, 4) is 0 Å². The van der Waals surface area contributed by atoms with Gasteiger partial charge >= 0.3 is 5.97 Å². The van der Waals surface area contributed by atoms with E-state index in [1.165, 1.54) is 24.3 Å². The molecule has 0 atom stereocenters. The van der Waals surface area contributed by atoms with E-state index in [-0.39, 0.29) is 29.2 Å². The van der Waals surface area contributed by atoms with Crippen LogP contribution in [0.4, 0.5) is 11.4 Å². The zero-order valence-corrected chi connectivity index (χ0v) is 18.1. The molecule has 0 unspecified atom stereocenters. The van der Waals surface area contributed by atoms with Gasteiger partial charge in [-0.05, 0) is 53.4 Å². The first kappa shape index (κ1) is 22.7. The second kappa shape index (κ2) is 9.43. The Morgan fingerprint density at radius 1 is 0.906 bits per heavy atom. The third kappa shape index (κ3) is 5.57. The molecule has 7 heteroatoms. The van der Waals surface area contributed by atoms with Crippen LogP contribution in [0.3, 0.4) is 0 Å².